The van der Waals surface area contributed by atoms with Crippen LogP contribution in [0.1, 0.15) is 61.3 Å². The minimum absolute atomic E-state index is 0.100. The molecular weight excluding hydrogens is 352 g/mol. The maximum atomic E-state index is 12.6. The Labute approximate surface area is 161 Å². The van der Waals surface area contributed by atoms with Gasteiger partial charge in [-0.25, -0.2) is 9.59 Å². The van der Waals surface area contributed by atoms with Crippen LogP contribution in [0.15, 0.2) is 0 Å². The highest BCUT2D eigenvalue weighted by Gasteiger charge is 2.44. The van der Waals surface area contributed by atoms with E-state index in [1.165, 1.54) is 0 Å². The second-order valence-electron chi connectivity index (χ2n) is 8.82. The monoisotopic (exact) mass is 386 g/mol. The van der Waals surface area contributed by atoms with Crippen LogP contribution in [0, 0.1) is 5.41 Å². The molecule has 0 saturated carbocycles. The Morgan fingerprint density at radius 3 is 1.93 bits per heavy atom. The molecule has 0 spiro atoms. The summed E-state index contributed by atoms with van der Waals surface area (Å²) in [5.41, 5.74) is -2.09. The predicted octanol–water partition coefficient (Wildman–Crippen LogP) is 3.09. The van der Waals surface area contributed by atoms with E-state index in [9.17, 15) is 14.4 Å². The first kappa shape index (κ1) is 23.0. The van der Waals surface area contributed by atoms with Gasteiger partial charge in [-0.2, -0.15) is 0 Å². The van der Waals surface area contributed by atoms with Crippen molar-refractivity contribution in [3.63, 3.8) is 0 Å². The van der Waals surface area contributed by atoms with E-state index in [0.717, 1.165) is 0 Å². The summed E-state index contributed by atoms with van der Waals surface area (Å²) < 4.78 is 15.9. The van der Waals surface area contributed by atoms with Gasteiger partial charge in [0, 0.05) is 19.6 Å². The van der Waals surface area contributed by atoms with Crippen LogP contribution >= 0.6 is 0 Å². The van der Waals surface area contributed by atoms with Crippen LogP contribution in [0.4, 0.5) is 9.59 Å². The second-order valence-corrected chi connectivity index (χ2v) is 8.82. The van der Waals surface area contributed by atoms with Gasteiger partial charge in [0.05, 0.1) is 12.0 Å². The molecule has 1 rings (SSSR count). The third kappa shape index (κ3) is 7.64. The first-order valence-corrected chi connectivity index (χ1v) is 9.40. The molecule has 0 unspecified atom stereocenters. The number of ether oxygens (including phenoxy) is 3. The predicted molar refractivity (Wildman–Crippen MR) is 100 cm³/mol. The first-order chi connectivity index (χ1) is 12.3. The van der Waals surface area contributed by atoms with E-state index in [-0.39, 0.29) is 19.1 Å². The van der Waals surface area contributed by atoms with Crippen molar-refractivity contribution in [2.24, 2.45) is 5.41 Å². The lowest BCUT2D eigenvalue weighted by Crippen LogP contribution is -2.53. The molecule has 8 heteroatoms. The van der Waals surface area contributed by atoms with Crippen LogP contribution < -0.4 is 5.32 Å². The lowest BCUT2D eigenvalue weighted by molar-refractivity contribution is -0.158. The number of hydrogen-bond donors (Lipinski definition) is 1. The summed E-state index contributed by atoms with van der Waals surface area (Å²) in [4.78, 5) is 38.4. The number of rotatable bonds is 4. The first-order valence-electron chi connectivity index (χ1n) is 9.40. The SMILES string of the molecule is CCOC(=O)C1(CNC(=O)OC(C)(C)C)CCN(C(=O)OC(C)(C)C)CC1. The van der Waals surface area contributed by atoms with Gasteiger partial charge in [0.2, 0.25) is 0 Å². The van der Waals surface area contributed by atoms with Gasteiger partial charge in [-0.1, -0.05) is 0 Å². The zero-order valence-corrected chi connectivity index (χ0v) is 17.6. The molecule has 27 heavy (non-hydrogen) atoms. The fraction of sp³-hybridized carbons (Fsp3) is 0.842. The molecule has 0 aromatic rings. The Kier molecular flexibility index (Phi) is 7.51. The van der Waals surface area contributed by atoms with Crippen molar-refractivity contribution in [2.45, 2.75) is 72.5 Å². The molecule has 0 aromatic carbocycles. The molecule has 2 amide bonds. The quantitative estimate of drug-likeness (QED) is 0.589. The maximum Gasteiger partial charge on any atom is 0.410 e. The van der Waals surface area contributed by atoms with Gasteiger partial charge in [0.1, 0.15) is 11.2 Å². The van der Waals surface area contributed by atoms with Crippen LogP contribution in [-0.2, 0) is 19.0 Å². The number of piperidine rings is 1. The number of nitrogens with zero attached hydrogens (tertiary/aromatic N) is 1. The molecule has 1 saturated heterocycles. The van der Waals surface area contributed by atoms with Crippen LogP contribution in [0.2, 0.25) is 0 Å². The molecular formula is C19H34N2O6. The Hall–Kier alpha value is -1.99. The fourth-order valence-electron chi connectivity index (χ4n) is 2.74. The molecule has 8 nitrogen and oxygen atoms in total. The van der Waals surface area contributed by atoms with E-state index >= 15 is 0 Å². The lowest BCUT2D eigenvalue weighted by Gasteiger charge is -2.40. The highest BCUT2D eigenvalue weighted by atomic mass is 16.6. The van der Waals surface area contributed by atoms with E-state index in [1.54, 1.807) is 32.6 Å². The standard InChI is InChI=1S/C19H34N2O6/c1-8-25-14(22)19(13-20-15(23)26-17(2,3)4)9-11-21(12-10-19)16(24)27-18(5,6)7/h8-13H2,1-7H3,(H,20,23). The van der Waals surface area contributed by atoms with Gasteiger partial charge in [-0.05, 0) is 61.3 Å². The third-order valence-electron chi connectivity index (χ3n) is 4.05. The smallest absolute Gasteiger partial charge is 0.410 e. The molecule has 0 aromatic heterocycles. The van der Waals surface area contributed by atoms with Crippen molar-refractivity contribution < 1.29 is 28.6 Å². The second kappa shape index (κ2) is 8.80. The summed E-state index contributed by atoms with van der Waals surface area (Å²) in [6, 6.07) is 0. The van der Waals surface area contributed by atoms with Crippen LogP contribution in [0.3, 0.4) is 0 Å². The molecule has 1 aliphatic heterocycles. The van der Waals surface area contributed by atoms with Crippen molar-refractivity contribution in [1.82, 2.24) is 10.2 Å². The van der Waals surface area contributed by atoms with Crippen molar-refractivity contribution in [2.75, 3.05) is 26.2 Å². The molecule has 0 aliphatic carbocycles. The average molecular weight is 386 g/mol. The highest BCUT2D eigenvalue weighted by molar-refractivity contribution is 5.79. The normalized spacial score (nSPS) is 17.1. The largest absolute Gasteiger partial charge is 0.466 e. The molecule has 1 fully saturated rings. The van der Waals surface area contributed by atoms with Crippen molar-refractivity contribution in [3.8, 4) is 0 Å². The third-order valence-corrected chi connectivity index (χ3v) is 4.05. The molecule has 1 aliphatic rings. The number of hydrogen-bond acceptors (Lipinski definition) is 6. The summed E-state index contributed by atoms with van der Waals surface area (Å²) in [5, 5.41) is 2.67. The number of esters is 1. The van der Waals surface area contributed by atoms with E-state index < -0.39 is 28.8 Å². The lowest BCUT2D eigenvalue weighted by atomic mass is 9.78. The van der Waals surface area contributed by atoms with E-state index in [1.807, 2.05) is 20.8 Å². The zero-order chi connectivity index (χ0) is 20.9. The van der Waals surface area contributed by atoms with E-state index in [2.05, 4.69) is 5.32 Å². The van der Waals surface area contributed by atoms with E-state index in [4.69, 9.17) is 14.2 Å². The average Bonchev–Trinajstić information content (AvgIpc) is 2.50. The molecule has 156 valence electrons. The molecule has 1 heterocycles. The van der Waals surface area contributed by atoms with Gasteiger partial charge in [-0.15, -0.1) is 0 Å². The van der Waals surface area contributed by atoms with E-state index in [0.29, 0.717) is 25.9 Å². The molecule has 0 atom stereocenters. The zero-order valence-electron chi connectivity index (χ0n) is 17.6. The van der Waals surface area contributed by atoms with Gasteiger partial charge >= 0.3 is 18.2 Å². The summed E-state index contributed by atoms with van der Waals surface area (Å²) >= 11 is 0. The van der Waals surface area contributed by atoms with Crippen LogP contribution in [0.25, 0.3) is 0 Å². The minimum Gasteiger partial charge on any atom is -0.466 e. The van der Waals surface area contributed by atoms with Crippen molar-refractivity contribution in [1.29, 1.82) is 0 Å². The highest BCUT2D eigenvalue weighted by Crippen LogP contribution is 2.33. The Morgan fingerprint density at radius 2 is 1.48 bits per heavy atom. The minimum atomic E-state index is -0.884. The van der Waals surface area contributed by atoms with Gasteiger partial charge in [0.25, 0.3) is 0 Å². The van der Waals surface area contributed by atoms with Gasteiger partial charge in [0.15, 0.2) is 0 Å². The fourth-order valence-corrected chi connectivity index (χ4v) is 2.74. The topological polar surface area (TPSA) is 94.2 Å². The van der Waals surface area contributed by atoms with Crippen LogP contribution in [0.5, 0.6) is 0 Å². The van der Waals surface area contributed by atoms with Gasteiger partial charge in [-0.3, -0.25) is 4.79 Å². The number of alkyl carbamates (subject to hydrolysis) is 1. The number of likely N-dealkylation sites (tertiary alicyclic amines) is 1. The Bertz CT molecular complexity index is 539. The van der Waals surface area contributed by atoms with Crippen LogP contribution in [-0.4, -0.2) is 60.5 Å². The summed E-state index contributed by atoms with van der Waals surface area (Å²) in [7, 11) is 0. The summed E-state index contributed by atoms with van der Waals surface area (Å²) in [6.45, 7) is 13.5. The molecule has 1 N–H and O–H groups in total. The number of amides is 2. The summed E-state index contributed by atoms with van der Waals surface area (Å²) in [5.74, 6) is -0.370. The maximum absolute atomic E-state index is 12.6. The number of carbonyl (C=O) groups is 3. The Morgan fingerprint density at radius 1 is 0.963 bits per heavy atom. The number of carbonyl (C=O) groups excluding carboxylic acids is 3. The van der Waals surface area contributed by atoms with Crippen molar-refractivity contribution >= 4 is 18.2 Å². The summed E-state index contributed by atoms with van der Waals surface area (Å²) in [6.07, 6.45) is -0.234. The van der Waals surface area contributed by atoms with Gasteiger partial charge < -0.3 is 24.4 Å². The Balaban J connectivity index is 2.76. The van der Waals surface area contributed by atoms with Crippen molar-refractivity contribution in [3.05, 3.63) is 0 Å². The number of nitrogens with one attached hydrogen (secondary N) is 1. The molecule has 0 radical (unpaired) electrons. The molecule has 0 bridgehead atoms.